The number of fused-ring (bicyclic) bond motifs is 2. The molecule has 1 saturated carbocycles. The fourth-order valence-electron chi connectivity index (χ4n) is 2.97. The van der Waals surface area contributed by atoms with Gasteiger partial charge in [0.2, 0.25) is 0 Å². The van der Waals surface area contributed by atoms with Gasteiger partial charge in [0.05, 0.1) is 13.2 Å². The average molecular weight is 204 g/mol. The SMILES string of the molecule is COc1cccc2c1C1(CC1)C(O)CC2. The van der Waals surface area contributed by atoms with Crippen molar-refractivity contribution >= 4 is 0 Å². The topological polar surface area (TPSA) is 29.5 Å². The van der Waals surface area contributed by atoms with E-state index in [2.05, 4.69) is 6.07 Å². The van der Waals surface area contributed by atoms with Crippen molar-refractivity contribution in [2.45, 2.75) is 37.2 Å². The number of hydrogen-bond acceptors (Lipinski definition) is 2. The van der Waals surface area contributed by atoms with Crippen molar-refractivity contribution in [2.24, 2.45) is 0 Å². The first kappa shape index (κ1) is 9.22. The monoisotopic (exact) mass is 204 g/mol. The predicted octanol–water partition coefficient (Wildman–Crippen LogP) is 2.03. The fraction of sp³-hybridized carbons (Fsp3) is 0.538. The lowest BCUT2D eigenvalue weighted by molar-refractivity contribution is 0.113. The molecule has 1 unspecified atom stereocenters. The van der Waals surface area contributed by atoms with Gasteiger partial charge in [0, 0.05) is 11.0 Å². The molecular formula is C13H16O2. The minimum atomic E-state index is -0.165. The zero-order valence-corrected chi connectivity index (χ0v) is 8.99. The molecule has 0 radical (unpaired) electrons. The molecule has 3 rings (SSSR count). The van der Waals surface area contributed by atoms with Gasteiger partial charge in [0.1, 0.15) is 5.75 Å². The van der Waals surface area contributed by atoms with E-state index in [0.29, 0.717) is 0 Å². The molecule has 0 aromatic heterocycles. The van der Waals surface area contributed by atoms with E-state index in [1.807, 2.05) is 12.1 Å². The van der Waals surface area contributed by atoms with Crippen LogP contribution in [0.3, 0.4) is 0 Å². The van der Waals surface area contributed by atoms with E-state index in [-0.39, 0.29) is 11.5 Å². The van der Waals surface area contributed by atoms with Crippen LogP contribution in [0.5, 0.6) is 5.75 Å². The van der Waals surface area contributed by atoms with Crippen molar-refractivity contribution < 1.29 is 9.84 Å². The molecule has 0 heterocycles. The molecule has 1 fully saturated rings. The average Bonchev–Trinajstić information content (AvgIpc) is 3.05. The highest BCUT2D eigenvalue weighted by atomic mass is 16.5. The second kappa shape index (κ2) is 2.99. The van der Waals surface area contributed by atoms with E-state index in [0.717, 1.165) is 31.4 Å². The lowest BCUT2D eigenvalue weighted by atomic mass is 9.77. The van der Waals surface area contributed by atoms with Crippen LogP contribution in [0.25, 0.3) is 0 Å². The zero-order valence-electron chi connectivity index (χ0n) is 8.99. The Kier molecular flexibility index (Phi) is 1.84. The molecule has 2 heteroatoms. The standard InChI is InChI=1S/C13H16O2/c1-15-10-4-2-3-9-5-6-11(14)13(7-8-13)12(9)10/h2-4,11,14H,5-8H2,1H3. The van der Waals surface area contributed by atoms with Crippen LogP contribution in [0.2, 0.25) is 0 Å². The second-order valence-electron chi connectivity index (χ2n) is 4.71. The molecule has 1 spiro atoms. The van der Waals surface area contributed by atoms with Gasteiger partial charge in [-0.3, -0.25) is 0 Å². The lowest BCUT2D eigenvalue weighted by Gasteiger charge is -2.31. The van der Waals surface area contributed by atoms with Crippen LogP contribution in [-0.2, 0) is 11.8 Å². The number of ether oxygens (including phenoxy) is 1. The molecule has 1 atom stereocenters. The van der Waals surface area contributed by atoms with Gasteiger partial charge in [-0.1, -0.05) is 12.1 Å². The summed E-state index contributed by atoms with van der Waals surface area (Å²) in [5.41, 5.74) is 2.70. The first-order chi connectivity index (χ1) is 7.28. The lowest BCUT2D eigenvalue weighted by Crippen LogP contribution is -2.32. The van der Waals surface area contributed by atoms with E-state index in [4.69, 9.17) is 4.74 Å². The minimum absolute atomic E-state index is 0.0419. The molecule has 15 heavy (non-hydrogen) atoms. The third-order valence-corrected chi connectivity index (χ3v) is 3.94. The van der Waals surface area contributed by atoms with E-state index >= 15 is 0 Å². The van der Waals surface area contributed by atoms with E-state index < -0.39 is 0 Å². The zero-order chi connectivity index (χ0) is 10.5. The van der Waals surface area contributed by atoms with Crippen LogP contribution in [0.4, 0.5) is 0 Å². The summed E-state index contributed by atoms with van der Waals surface area (Å²) in [5, 5.41) is 10.1. The highest BCUT2D eigenvalue weighted by molar-refractivity contribution is 5.51. The van der Waals surface area contributed by atoms with Crippen molar-refractivity contribution in [1.29, 1.82) is 0 Å². The molecular weight excluding hydrogens is 188 g/mol. The third-order valence-electron chi connectivity index (χ3n) is 3.94. The first-order valence-corrected chi connectivity index (χ1v) is 5.62. The molecule has 2 aliphatic rings. The third kappa shape index (κ3) is 1.14. The molecule has 80 valence electrons. The first-order valence-electron chi connectivity index (χ1n) is 5.62. The molecule has 1 N–H and O–H groups in total. The highest BCUT2D eigenvalue weighted by Gasteiger charge is 2.54. The van der Waals surface area contributed by atoms with Crippen molar-refractivity contribution in [3.05, 3.63) is 29.3 Å². The van der Waals surface area contributed by atoms with Gasteiger partial charge in [-0.15, -0.1) is 0 Å². The number of aryl methyl sites for hydroxylation is 1. The van der Waals surface area contributed by atoms with Gasteiger partial charge >= 0.3 is 0 Å². The Hall–Kier alpha value is -1.02. The van der Waals surface area contributed by atoms with Gasteiger partial charge in [0.15, 0.2) is 0 Å². The molecule has 1 aromatic carbocycles. The predicted molar refractivity (Wildman–Crippen MR) is 58.2 cm³/mol. The van der Waals surface area contributed by atoms with Crippen molar-refractivity contribution in [1.82, 2.24) is 0 Å². The summed E-state index contributed by atoms with van der Waals surface area (Å²) in [6.45, 7) is 0. The minimum Gasteiger partial charge on any atom is -0.496 e. The summed E-state index contributed by atoms with van der Waals surface area (Å²) in [6.07, 6.45) is 3.94. The Balaban J connectivity index is 2.18. The summed E-state index contributed by atoms with van der Waals surface area (Å²) in [6, 6.07) is 6.23. The maximum atomic E-state index is 10.1. The summed E-state index contributed by atoms with van der Waals surface area (Å²) in [4.78, 5) is 0. The Morgan fingerprint density at radius 2 is 2.20 bits per heavy atom. The molecule has 0 bridgehead atoms. The Morgan fingerprint density at radius 3 is 2.87 bits per heavy atom. The normalized spacial score (nSPS) is 26.1. The molecule has 2 aliphatic carbocycles. The maximum Gasteiger partial charge on any atom is 0.122 e. The Bertz CT molecular complexity index is 379. The Morgan fingerprint density at radius 1 is 1.40 bits per heavy atom. The van der Waals surface area contributed by atoms with Crippen LogP contribution in [0, 0.1) is 0 Å². The summed E-state index contributed by atoms with van der Waals surface area (Å²) < 4.78 is 5.43. The molecule has 0 saturated heterocycles. The molecule has 2 nitrogen and oxygen atoms in total. The van der Waals surface area contributed by atoms with Crippen molar-refractivity contribution in [3.8, 4) is 5.75 Å². The van der Waals surface area contributed by atoms with Crippen LogP contribution in [0.15, 0.2) is 18.2 Å². The van der Waals surface area contributed by atoms with Gasteiger partial charge in [-0.25, -0.2) is 0 Å². The summed E-state index contributed by atoms with van der Waals surface area (Å²) in [5.74, 6) is 0.962. The van der Waals surface area contributed by atoms with E-state index in [9.17, 15) is 5.11 Å². The number of methoxy groups -OCH3 is 1. The Labute approximate surface area is 89.9 Å². The number of rotatable bonds is 1. The summed E-state index contributed by atoms with van der Waals surface area (Å²) in [7, 11) is 1.71. The van der Waals surface area contributed by atoms with Gasteiger partial charge < -0.3 is 9.84 Å². The highest BCUT2D eigenvalue weighted by Crippen LogP contribution is 2.57. The molecule has 0 amide bonds. The van der Waals surface area contributed by atoms with Crippen LogP contribution < -0.4 is 4.74 Å². The van der Waals surface area contributed by atoms with Gasteiger partial charge in [-0.05, 0) is 37.3 Å². The largest absolute Gasteiger partial charge is 0.496 e. The number of benzene rings is 1. The van der Waals surface area contributed by atoms with Crippen LogP contribution in [-0.4, -0.2) is 18.3 Å². The molecule has 1 aromatic rings. The van der Waals surface area contributed by atoms with Crippen molar-refractivity contribution in [2.75, 3.05) is 7.11 Å². The number of hydrogen-bond donors (Lipinski definition) is 1. The van der Waals surface area contributed by atoms with Gasteiger partial charge in [-0.2, -0.15) is 0 Å². The summed E-state index contributed by atoms with van der Waals surface area (Å²) >= 11 is 0. The number of aliphatic hydroxyl groups is 1. The van der Waals surface area contributed by atoms with E-state index in [1.165, 1.54) is 11.1 Å². The smallest absolute Gasteiger partial charge is 0.122 e. The maximum absolute atomic E-state index is 10.1. The van der Waals surface area contributed by atoms with E-state index in [1.54, 1.807) is 7.11 Å². The van der Waals surface area contributed by atoms with Crippen molar-refractivity contribution in [3.63, 3.8) is 0 Å². The number of aliphatic hydroxyl groups excluding tert-OH is 1. The fourth-order valence-corrected chi connectivity index (χ4v) is 2.97. The second-order valence-corrected chi connectivity index (χ2v) is 4.71. The molecule has 0 aliphatic heterocycles. The van der Waals surface area contributed by atoms with Crippen LogP contribution >= 0.6 is 0 Å². The van der Waals surface area contributed by atoms with Crippen LogP contribution in [0.1, 0.15) is 30.4 Å². The van der Waals surface area contributed by atoms with Gasteiger partial charge in [0.25, 0.3) is 0 Å². The quantitative estimate of drug-likeness (QED) is 0.758.